The number of halogens is 1. The number of hydrogen-bond donors (Lipinski definition) is 1. The lowest BCUT2D eigenvalue weighted by Gasteiger charge is -2.28. The number of anilines is 1. The minimum atomic E-state index is -1.06. The molecule has 0 unspecified atom stereocenters. The van der Waals surface area contributed by atoms with Gasteiger partial charge in [0, 0.05) is 24.7 Å². The van der Waals surface area contributed by atoms with E-state index in [1.807, 2.05) is 0 Å². The number of fused-ring (bicyclic) bond motifs is 1. The Morgan fingerprint density at radius 3 is 2.94 bits per heavy atom. The number of rotatable bonds is 3. The molecule has 4 nitrogen and oxygen atoms in total. The maximum absolute atomic E-state index is 13.1. The van der Waals surface area contributed by atoms with Gasteiger partial charge in [-0.2, -0.15) is 0 Å². The number of nitrogens with zero attached hydrogens (tertiary/aromatic N) is 1. The van der Waals surface area contributed by atoms with Gasteiger partial charge in [0.05, 0.1) is 0 Å². The monoisotopic (exact) mass is 249 g/mol. The Morgan fingerprint density at radius 2 is 2.22 bits per heavy atom. The van der Waals surface area contributed by atoms with Gasteiger partial charge in [-0.05, 0) is 30.2 Å². The first-order chi connectivity index (χ1) is 8.58. The van der Waals surface area contributed by atoms with Crippen LogP contribution in [0.3, 0.4) is 0 Å². The summed E-state index contributed by atoms with van der Waals surface area (Å²) in [6.07, 6.45) is 3.23. The summed E-state index contributed by atoms with van der Waals surface area (Å²) in [5.41, 5.74) is 1.43. The van der Waals surface area contributed by atoms with Gasteiger partial charge < -0.3 is 10.0 Å². The third-order valence-electron chi connectivity index (χ3n) is 2.79. The van der Waals surface area contributed by atoms with E-state index >= 15 is 0 Å². The number of carboxylic acids is 1. The Bertz CT molecular complexity index is 525. The number of carbonyl (C=O) groups is 2. The third-order valence-corrected chi connectivity index (χ3v) is 2.79. The van der Waals surface area contributed by atoms with E-state index in [4.69, 9.17) is 5.11 Å². The zero-order valence-electron chi connectivity index (χ0n) is 9.60. The molecule has 0 spiro atoms. The van der Waals surface area contributed by atoms with Crippen LogP contribution in [0.1, 0.15) is 12.0 Å². The highest BCUT2D eigenvalue weighted by Gasteiger charge is 2.23. The van der Waals surface area contributed by atoms with Crippen molar-refractivity contribution in [2.24, 2.45) is 0 Å². The molecular weight excluding hydrogens is 237 g/mol. The second kappa shape index (κ2) is 5.00. The lowest BCUT2D eigenvalue weighted by atomic mass is 10.0. The zero-order valence-corrected chi connectivity index (χ0v) is 9.60. The Labute approximate surface area is 103 Å². The summed E-state index contributed by atoms with van der Waals surface area (Å²) >= 11 is 0. The summed E-state index contributed by atoms with van der Waals surface area (Å²) in [5.74, 6) is -1.47. The predicted octanol–water partition coefficient (Wildman–Crippen LogP) is 1.75. The SMILES string of the molecule is O=C(O)C=CCN1C(=O)CCc2cc(F)ccc21. The Kier molecular flexibility index (Phi) is 3.41. The first-order valence-electron chi connectivity index (χ1n) is 5.56. The molecule has 18 heavy (non-hydrogen) atoms. The van der Waals surface area contributed by atoms with Crippen LogP contribution in [0, 0.1) is 5.82 Å². The van der Waals surface area contributed by atoms with Gasteiger partial charge >= 0.3 is 5.97 Å². The zero-order chi connectivity index (χ0) is 13.1. The molecule has 1 aliphatic rings. The molecule has 1 heterocycles. The predicted molar refractivity (Wildman–Crippen MR) is 63.8 cm³/mol. The van der Waals surface area contributed by atoms with E-state index in [0.717, 1.165) is 11.6 Å². The molecule has 0 bridgehead atoms. The van der Waals surface area contributed by atoms with E-state index in [2.05, 4.69) is 0 Å². The average Bonchev–Trinajstić information content (AvgIpc) is 2.31. The molecule has 1 aromatic carbocycles. The maximum Gasteiger partial charge on any atom is 0.328 e. The summed E-state index contributed by atoms with van der Waals surface area (Å²) in [6, 6.07) is 4.26. The minimum absolute atomic E-state index is 0.0795. The topological polar surface area (TPSA) is 57.6 Å². The van der Waals surface area contributed by atoms with Crippen LogP contribution >= 0.6 is 0 Å². The second-order valence-electron chi connectivity index (χ2n) is 4.02. The van der Waals surface area contributed by atoms with Gasteiger partial charge in [0.25, 0.3) is 0 Å². The highest BCUT2D eigenvalue weighted by Crippen LogP contribution is 2.28. The second-order valence-corrected chi connectivity index (χ2v) is 4.02. The van der Waals surface area contributed by atoms with Gasteiger partial charge in [-0.25, -0.2) is 9.18 Å². The van der Waals surface area contributed by atoms with E-state index in [1.54, 1.807) is 6.07 Å². The molecule has 0 atom stereocenters. The fourth-order valence-corrected chi connectivity index (χ4v) is 1.99. The highest BCUT2D eigenvalue weighted by atomic mass is 19.1. The molecule has 2 rings (SSSR count). The fourth-order valence-electron chi connectivity index (χ4n) is 1.99. The Morgan fingerprint density at radius 1 is 1.44 bits per heavy atom. The van der Waals surface area contributed by atoms with E-state index in [9.17, 15) is 14.0 Å². The van der Waals surface area contributed by atoms with Crippen LogP contribution in [0.25, 0.3) is 0 Å². The van der Waals surface area contributed by atoms with Crippen LogP contribution in [-0.2, 0) is 16.0 Å². The molecule has 0 fully saturated rings. The molecule has 1 aliphatic heterocycles. The van der Waals surface area contributed by atoms with Gasteiger partial charge in [0.1, 0.15) is 5.82 Å². The normalized spacial score (nSPS) is 14.9. The standard InChI is InChI=1S/C13H12FNO3/c14-10-4-5-11-9(8-10)3-6-12(16)15(11)7-1-2-13(17)18/h1-2,4-5,8H,3,6-7H2,(H,17,18). The lowest BCUT2D eigenvalue weighted by Crippen LogP contribution is -2.35. The van der Waals surface area contributed by atoms with Crippen molar-refractivity contribution in [3.8, 4) is 0 Å². The quantitative estimate of drug-likeness (QED) is 0.830. The molecule has 0 aromatic heterocycles. The van der Waals surface area contributed by atoms with Crippen molar-refractivity contribution in [2.75, 3.05) is 11.4 Å². The van der Waals surface area contributed by atoms with Crippen LogP contribution in [-0.4, -0.2) is 23.5 Å². The van der Waals surface area contributed by atoms with E-state index in [-0.39, 0.29) is 18.3 Å². The fraction of sp³-hybridized carbons (Fsp3) is 0.231. The number of benzene rings is 1. The maximum atomic E-state index is 13.1. The molecule has 94 valence electrons. The lowest BCUT2D eigenvalue weighted by molar-refractivity contribution is -0.131. The summed E-state index contributed by atoms with van der Waals surface area (Å²) < 4.78 is 13.1. The third kappa shape index (κ3) is 2.56. The highest BCUT2D eigenvalue weighted by molar-refractivity contribution is 5.96. The summed E-state index contributed by atoms with van der Waals surface area (Å²) in [4.78, 5) is 23.6. The molecule has 0 saturated carbocycles. The molecule has 1 amide bonds. The van der Waals surface area contributed by atoms with Crippen LogP contribution in [0.2, 0.25) is 0 Å². The first kappa shape index (κ1) is 12.3. The Hall–Kier alpha value is -2.17. The smallest absolute Gasteiger partial charge is 0.328 e. The molecule has 0 aliphatic carbocycles. The van der Waals surface area contributed by atoms with Crippen molar-refractivity contribution in [2.45, 2.75) is 12.8 Å². The van der Waals surface area contributed by atoms with Crippen LogP contribution in [0.4, 0.5) is 10.1 Å². The van der Waals surface area contributed by atoms with Gasteiger partial charge in [-0.15, -0.1) is 0 Å². The largest absolute Gasteiger partial charge is 0.478 e. The molecular formula is C13H12FNO3. The first-order valence-corrected chi connectivity index (χ1v) is 5.56. The van der Waals surface area contributed by atoms with Gasteiger partial charge in [-0.3, -0.25) is 4.79 Å². The van der Waals surface area contributed by atoms with Gasteiger partial charge in [-0.1, -0.05) is 6.08 Å². The number of carboxylic acid groups (broad SMARTS) is 1. The van der Waals surface area contributed by atoms with Crippen molar-refractivity contribution >= 4 is 17.6 Å². The van der Waals surface area contributed by atoms with Crippen molar-refractivity contribution in [3.05, 3.63) is 41.7 Å². The number of carbonyl (C=O) groups excluding carboxylic acids is 1. The van der Waals surface area contributed by atoms with E-state index in [0.29, 0.717) is 18.5 Å². The van der Waals surface area contributed by atoms with Crippen molar-refractivity contribution in [1.82, 2.24) is 0 Å². The number of hydrogen-bond acceptors (Lipinski definition) is 2. The molecule has 0 saturated heterocycles. The van der Waals surface area contributed by atoms with Crippen LogP contribution in [0.5, 0.6) is 0 Å². The summed E-state index contributed by atoms with van der Waals surface area (Å²) in [7, 11) is 0. The number of aryl methyl sites for hydroxylation is 1. The van der Waals surface area contributed by atoms with E-state index < -0.39 is 5.97 Å². The van der Waals surface area contributed by atoms with Gasteiger partial charge in [0.15, 0.2) is 0 Å². The molecule has 1 aromatic rings. The van der Waals surface area contributed by atoms with Gasteiger partial charge in [0.2, 0.25) is 5.91 Å². The average molecular weight is 249 g/mol. The van der Waals surface area contributed by atoms with Crippen LogP contribution in [0.15, 0.2) is 30.4 Å². The molecule has 1 N–H and O–H groups in total. The van der Waals surface area contributed by atoms with Crippen molar-refractivity contribution in [1.29, 1.82) is 0 Å². The van der Waals surface area contributed by atoms with Crippen molar-refractivity contribution < 1.29 is 19.1 Å². The van der Waals surface area contributed by atoms with Crippen molar-refractivity contribution in [3.63, 3.8) is 0 Å². The number of amides is 1. The van der Waals surface area contributed by atoms with Crippen LogP contribution < -0.4 is 4.90 Å². The summed E-state index contributed by atoms with van der Waals surface area (Å²) in [5, 5.41) is 8.50. The number of aliphatic carboxylic acids is 1. The molecule has 5 heteroatoms. The summed E-state index contributed by atoms with van der Waals surface area (Å²) in [6.45, 7) is 0.184. The van der Waals surface area contributed by atoms with E-state index in [1.165, 1.54) is 23.1 Å². The minimum Gasteiger partial charge on any atom is -0.478 e. The molecule has 0 radical (unpaired) electrons. The Balaban J connectivity index is 2.25.